The predicted octanol–water partition coefficient (Wildman–Crippen LogP) is 4.28. The molecule has 0 atom stereocenters. The summed E-state index contributed by atoms with van der Waals surface area (Å²) in [5, 5.41) is 6.25. The first-order chi connectivity index (χ1) is 11.4. The van der Waals surface area contributed by atoms with Crippen LogP contribution in [0.15, 0.2) is 36.4 Å². The van der Waals surface area contributed by atoms with Gasteiger partial charge >= 0.3 is 0 Å². The summed E-state index contributed by atoms with van der Waals surface area (Å²) < 4.78 is 5.04. The van der Waals surface area contributed by atoms with Crippen molar-refractivity contribution in [3.63, 3.8) is 0 Å². The summed E-state index contributed by atoms with van der Waals surface area (Å²) >= 11 is 11.9. The van der Waals surface area contributed by atoms with Crippen molar-refractivity contribution in [3.05, 3.63) is 52.0 Å². The molecule has 0 aromatic heterocycles. The van der Waals surface area contributed by atoms with Crippen LogP contribution in [0.2, 0.25) is 10.0 Å². The van der Waals surface area contributed by atoms with Crippen LogP contribution in [0.25, 0.3) is 0 Å². The van der Waals surface area contributed by atoms with Crippen LogP contribution >= 0.6 is 23.2 Å². The van der Waals surface area contributed by atoms with Crippen LogP contribution in [-0.4, -0.2) is 18.9 Å². The first-order valence-electron chi connectivity index (χ1n) is 7.08. The van der Waals surface area contributed by atoms with Crippen LogP contribution in [-0.2, 0) is 9.59 Å². The number of ether oxygens (including phenoxy) is 1. The number of carbonyl (C=O) groups is 2. The number of rotatable bonds is 5. The Labute approximate surface area is 149 Å². The zero-order valence-corrected chi connectivity index (χ0v) is 14.7. The molecule has 126 valence electrons. The Morgan fingerprint density at radius 2 is 1.75 bits per heavy atom. The lowest BCUT2D eigenvalue weighted by Crippen LogP contribution is -2.21. The fourth-order valence-electron chi connectivity index (χ4n) is 2.06. The highest BCUT2D eigenvalue weighted by Crippen LogP contribution is 2.27. The van der Waals surface area contributed by atoms with Crippen LogP contribution < -0.4 is 15.4 Å². The van der Waals surface area contributed by atoms with Crippen molar-refractivity contribution in [2.45, 2.75) is 13.3 Å². The molecule has 0 saturated carbocycles. The van der Waals surface area contributed by atoms with Crippen LogP contribution in [0.3, 0.4) is 0 Å². The second kappa shape index (κ2) is 8.04. The van der Waals surface area contributed by atoms with Gasteiger partial charge in [0.15, 0.2) is 0 Å². The lowest BCUT2D eigenvalue weighted by molar-refractivity contribution is -0.123. The number of carbonyl (C=O) groups excluding carboxylic acids is 2. The number of benzene rings is 2. The Bertz CT molecular complexity index is 778. The van der Waals surface area contributed by atoms with Crippen molar-refractivity contribution in [1.82, 2.24) is 0 Å². The van der Waals surface area contributed by atoms with Crippen molar-refractivity contribution in [1.29, 1.82) is 0 Å². The molecule has 0 fully saturated rings. The normalized spacial score (nSPS) is 10.2. The minimum atomic E-state index is -0.444. The molecule has 0 aliphatic heterocycles. The Morgan fingerprint density at radius 1 is 1.04 bits per heavy atom. The highest BCUT2D eigenvalue weighted by molar-refractivity contribution is 6.32. The van der Waals surface area contributed by atoms with Crippen molar-refractivity contribution in [2.24, 2.45) is 0 Å². The van der Waals surface area contributed by atoms with Gasteiger partial charge in [0, 0.05) is 16.4 Å². The summed E-state index contributed by atoms with van der Waals surface area (Å²) in [4.78, 5) is 23.9. The summed E-state index contributed by atoms with van der Waals surface area (Å²) in [5.41, 5.74) is 1.92. The molecule has 0 unspecified atom stereocenters. The zero-order chi connectivity index (χ0) is 17.7. The van der Waals surface area contributed by atoms with E-state index in [1.807, 2.05) is 6.92 Å². The monoisotopic (exact) mass is 366 g/mol. The fraction of sp³-hybridized carbons (Fsp3) is 0.176. The highest BCUT2D eigenvalue weighted by atomic mass is 35.5. The minimum absolute atomic E-state index is 0.314. The summed E-state index contributed by atoms with van der Waals surface area (Å²) in [6.07, 6.45) is -0.314. The topological polar surface area (TPSA) is 67.4 Å². The first kappa shape index (κ1) is 18.1. The Kier molecular flexibility index (Phi) is 6.06. The van der Waals surface area contributed by atoms with Gasteiger partial charge in [0.05, 0.1) is 12.1 Å². The number of nitrogens with one attached hydrogen (secondary N) is 2. The summed E-state index contributed by atoms with van der Waals surface area (Å²) in [7, 11) is 1.50. The second-order valence-corrected chi connectivity index (χ2v) is 5.93. The van der Waals surface area contributed by atoms with E-state index in [9.17, 15) is 9.59 Å². The van der Waals surface area contributed by atoms with Gasteiger partial charge in [-0.2, -0.15) is 0 Å². The molecule has 2 aromatic rings. The lowest BCUT2D eigenvalue weighted by atomic mass is 10.2. The molecule has 2 amide bonds. The van der Waals surface area contributed by atoms with E-state index in [-0.39, 0.29) is 6.42 Å². The van der Waals surface area contributed by atoms with Gasteiger partial charge in [-0.05, 0) is 48.9 Å². The maximum Gasteiger partial charge on any atom is 0.233 e. The highest BCUT2D eigenvalue weighted by Gasteiger charge is 2.12. The third kappa shape index (κ3) is 4.88. The number of amides is 2. The van der Waals surface area contributed by atoms with Gasteiger partial charge in [0.2, 0.25) is 11.8 Å². The molecule has 2 aromatic carbocycles. The van der Waals surface area contributed by atoms with Crippen LogP contribution in [0.5, 0.6) is 5.75 Å². The maximum atomic E-state index is 12.0. The largest absolute Gasteiger partial charge is 0.495 e. The molecule has 2 rings (SSSR count). The summed E-state index contributed by atoms with van der Waals surface area (Å²) in [6.45, 7) is 1.82. The second-order valence-electron chi connectivity index (χ2n) is 5.08. The Balaban J connectivity index is 1.94. The third-order valence-corrected chi connectivity index (χ3v) is 3.75. The first-order valence-corrected chi connectivity index (χ1v) is 7.84. The molecular weight excluding hydrogens is 351 g/mol. The molecule has 0 saturated heterocycles. The van der Waals surface area contributed by atoms with Crippen LogP contribution in [0, 0.1) is 6.92 Å². The average molecular weight is 367 g/mol. The van der Waals surface area contributed by atoms with Gasteiger partial charge in [-0.1, -0.05) is 23.2 Å². The number of methoxy groups -OCH3 is 1. The molecule has 24 heavy (non-hydrogen) atoms. The van der Waals surface area contributed by atoms with E-state index in [2.05, 4.69) is 10.6 Å². The maximum absolute atomic E-state index is 12.0. The molecule has 7 heteroatoms. The van der Waals surface area contributed by atoms with Gasteiger partial charge in [-0.15, -0.1) is 0 Å². The summed E-state index contributed by atoms with van der Waals surface area (Å²) in [5.74, 6) is -0.358. The quantitative estimate of drug-likeness (QED) is 0.776. The van der Waals surface area contributed by atoms with Gasteiger partial charge < -0.3 is 15.4 Å². The van der Waals surface area contributed by atoms with Crippen LogP contribution in [0.4, 0.5) is 11.4 Å². The molecule has 0 aliphatic rings. The van der Waals surface area contributed by atoms with Gasteiger partial charge in [-0.3, -0.25) is 9.59 Å². The van der Waals surface area contributed by atoms with Crippen molar-refractivity contribution >= 4 is 46.4 Å². The molecule has 0 spiro atoms. The number of anilines is 2. The van der Waals surface area contributed by atoms with E-state index in [4.69, 9.17) is 27.9 Å². The van der Waals surface area contributed by atoms with E-state index < -0.39 is 11.8 Å². The standard InChI is InChI=1S/C17H16Cl2N2O3/c1-10-7-11(18)3-5-14(10)21-17(23)9-16(22)20-12-4-6-15(24-2)13(19)8-12/h3-8H,9H2,1-2H3,(H,20,22)(H,21,23). The molecular formula is C17H16Cl2N2O3. The van der Waals surface area contributed by atoms with E-state index in [1.54, 1.807) is 36.4 Å². The van der Waals surface area contributed by atoms with Crippen molar-refractivity contribution < 1.29 is 14.3 Å². The molecule has 2 N–H and O–H groups in total. The van der Waals surface area contributed by atoms with Gasteiger partial charge in [0.25, 0.3) is 0 Å². The fourth-order valence-corrected chi connectivity index (χ4v) is 2.54. The number of halogens is 2. The number of hydrogen-bond acceptors (Lipinski definition) is 3. The Hall–Kier alpha value is -2.24. The third-order valence-electron chi connectivity index (χ3n) is 3.22. The molecule has 0 aliphatic carbocycles. The number of aryl methyl sites for hydroxylation is 1. The number of hydrogen-bond donors (Lipinski definition) is 2. The Morgan fingerprint density at radius 3 is 2.38 bits per heavy atom. The smallest absolute Gasteiger partial charge is 0.233 e. The molecule has 0 bridgehead atoms. The van der Waals surface area contributed by atoms with Crippen molar-refractivity contribution in [2.75, 3.05) is 17.7 Å². The van der Waals surface area contributed by atoms with E-state index in [1.165, 1.54) is 7.11 Å². The lowest BCUT2D eigenvalue weighted by Gasteiger charge is -2.10. The van der Waals surface area contributed by atoms with E-state index >= 15 is 0 Å². The van der Waals surface area contributed by atoms with Crippen LogP contribution in [0.1, 0.15) is 12.0 Å². The van der Waals surface area contributed by atoms with Gasteiger partial charge in [-0.25, -0.2) is 0 Å². The predicted molar refractivity (Wildman–Crippen MR) is 96.1 cm³/mol. The zero-order valence-electron chi connectivity index (χ0n) is 13.2. The molecule has 0 heterocycles. The van der Waals surface area contributed by atoms with E-state index in [0.717, 1.165) is 5.56 Å². The molecule has 5 nitrogen and oxygen atoms in total. The average Bonchev–Trinajstić information content (AvgIpc) is 2.50. The molecule has 0 radical (unpaired) electrons. The van der Waals surface area contributed by atoms with Crippen molar-refractivity contribution in [3.8, 4) is 5.75 Å². The summed E-state index contributed by atoms with van der Waals surface area (Å²) in [6, 6.07) is 9.93. The SMILES string of the molecule is COc1ccc(NC(=O)CC(=O)Nc2ccc(Cl)cc2C)cc1Cl. The van der Waals surface area contributed by atoms with Gasteiger partial charge in [0.1, 0.15) is 12.2 Å². The van der Waals surface area contributed by atoms with E-state index in [0.29, 0.717) is 27.2 Å². The minimum Gasteiger partial charge on any atom is -0.495 e.